The molecular weight excluding hydrogens is 363 g/mol. The molecule has 0 unspecified atom stereocenters. The summed E-state index contributed by atoms with van der Waals surface area (Å²) in [6.45, 7) is 0.0706. The van der Waals surface area contributed by atoms with Gasteiger partial charge in [-0.2, -0.15) is 4.98 Å². The summed E-state index contributed by atoms with van der Waals surface area (Å²) >= 11 is 17.8. The van der Waals surface area contributed by atoms with Crippen LogP contribution in [0.3, 0.4) is 0 Å². The third-order valence-electron chi connectivity index (χ3n) is 3.63. The summed E-state index contributed by atoms with van der Waals surface area (Å²) in [5.41, 5.74) is 0.251. The van der Waals surface area contributed by atoms with Gasteiger partial charge in [0, 0.05) is 14.1 Å². The highest BCUT2D eigenvalue weighted by molar-refractivity contribution is 6.42. The van der Waals surface area contributed by atoms with Crippen molar-refractivity contribution in [1.82, 2.24) is 18.7 Å². The number of imidazole rings is 1. The van der Waals surface area contributed by atoms with E-state index in [9.17, 15) is 9.59 Å². The molecule has 120 valence electrons. The standard InChI is InChI=1S/C14H11Cl3N4O2/c1-19-10-11(18-13(19)17)20(2)14(23)21(12(10)22)6-7-3-4-8(15)9(16)5-7/h3-5H,6H2,1-2H3. The molecule has 0 saturated carbocycles. The number of benzene rings is 1. The van der Waals surface area contributed by atoms with E-state index in [0.717, 1.165) is 4.57 Å². The number of aromatic nitrogens is 4. The average Bonchev–Trinajstić information content (AvgIpc) is 2.81. The van der Waals surface area contributed by atoms with Gasteiger partial charge in [0.15, 0.2) is 11.2 Å². The quantitative estimate of drug-likeness (QED) is 0.648. The van der Waals surface area contributed by atoms with Crippen molar-refractivity contribution in [1.29, 1.82) is 0 Å². The highest BCUT2D eigenvalue weighted by atomic mass is 35.5. The van der Waals surface area contributed by atoms with E-state index in [1.54, 1.807) is 32.3 Å². The van der Waals surface area contributed by atoms with Crippen molar-refractivity contribution in [3.8, 4) is 0 Å². The largest absolute Gasteiger partial charge is 0.332 e. The Morgan fingerprint density at radius 2 is 1.74 bits per heavy atom. The summed E-state index contributed by atoms with van der Waals surface area (Å²) < 4.78 is 3.85. The molecule has 6 nitrogen and oxygen atoms in total. The predicted molar refractivity (Wildman–Crippen MR) is 90.8 cm³/mol. The lowest BCUT2D eigenvalue weighted by Crippen LogP contribution is -2.39. The molecule has 0 aliphatic rings. The molecule has 9 heteroatoms. The van der Waals surface area contributed by atoms with Gasteiger partial charge in [-0.05, 0) is 29.3 Å². The molecule has 0 radical (unpaired) electrons. The van der Waals surface area contributed by atoms with E-state index < -0.39 is 11.2 Å². The molecule has 0 aliphatic heterocycles. The minimum Gasteiger partial charge on any atom is -0.312 e. The molecule has 0 bridgehead atoms. The number of nitrogens with zero attached hydrogens (tertiary/aromatic N) is 4. The van der Waals surface area contributed by atoms with E-state index in [1.165, 1.54) is 9.13 Å². The van der Waals surface area contributed by atoms with Crippen LogP contribution in [-0.4, -0.2) is 18.7 Å². The Bertz CT molecular complexity index is 1050. The van der Waals surface area contributed by atoms with Crippen LogP contribution in [0.5, 0.6) is 0 Å². The van der Waals surface area contributed by atoms with Crippen molar-refractivity contribution in [2.24, 2.45) is 14.1 Å². The van der Waals surface area contributed by atoms with Crippen LogP contribution in [0.2, 0.25) is 15.3 Å². The number of rotatable bonds is 2. The number of aryl methyl sites for hydroxylation is 2. The van der Waals surface area contributed by atoms with E-state index >= 15 is 0 Å². The van der Waals surface area contributed by atoms with Gasteiger partial charge in [-0.25, -0.2) is 4.79 Å². The molecule has 0 fully saturated rings. The van der Waals surface area contributed by atoms with Crippen LogP contribution in [0.4, 0.5) is 0 Å². The van der Waals surface area contributed by atoms with Gasteiger partial charge in [-0.15, -0.1) is 0 Å². The van der Waals surface area contributed by atoms with Crippen LogP contribution in [0.15, 0.2) is 27.8 Å². The van der Waals surface area contributed by atoms with Crippen LogP contribution >= 0.6 is 34.8 Å². The number of fused-ring (bicyclic) bond motifs is 1. The summed E-state index contributed by atoms with van der Waals surface area (Å²) in [5, 5.41) is 0.905. The van der Waals surface area contributed by atoms with Gasteiger partial charge in [0.25, 0.3) is 5.56 Å². The van der Waals surface area contributed by atoms with E-state index in [1.807, 2.05) is 0 Å². The van der Waals surface area contributed by atoms with E-state index in [4.69, 9.17) is 34.8 Å². The fraction of sp³-hybridized carbons (Fsp3) is 0.214. The van der Waals surface area contributed by atoms with Crippen LogP contribution < -0.4 is 11.2 Å². The van der Waals surface area contributed by atoms with E-state index in [-0.39, 0.29) is 23.0 Å². The summed E-state index contributed by atoms with van der Waals surface area (Å²) in [6.07, 6.45) is 0. The van der Waals surface area contributed by atoms with Crippen molar-refractivity contribution >= 4 is 46.0 Å². The van der Waals surface area contributed by atoms with Crippen LogP contribution in [0, 0.1) is 0 Å². The first-order valence-electron chi connectivity index (χ1n) is 6.57. The molecule has 0 spiro atoms. The highest BCUT2D eigenvalue weighted by Crippen LogP contribution is 2.22. The van der Waals surface area contributed by atoms with Gasteiger partial charge >= 0.3 is 5.69 Å². The lowest BCUT2D eigenvalue weighted by Gasteiger charge is -2.09. The van der Waals surface area contributed by atoms with Crippen LogP contribution in [-0.2, 0) is 20.6 Å². The minimum atomic E-state index is -0.483. The molecule has 0 N–H and O–H groups in total. The maximum absolute atomic E-state index is 12.7. The SMILES string of the molecule is Cn1c(Cl)nc2c1c(=O)n(Cc1ccc(Cl)c(Cl)c1)c(=O)n2C. The Balaban J connectivity index is 2.25. The van der Waals surface area contributed by atoms with Gasteiger partial charge in [0.1, 0.15) is 0 Å². The highest BCUT2D eigenvalue weighted by Gasteiger charge is 2.17. The topological polar surface area (TPSA) is 61.8 Å². The van der Waals surface area contributed by atoms with Crippen molar-refractivity contribution in [2.75, 3.05) is 0 Å². The molecule has 2 aromatic heterocycles. The maximum atomic E-state index is 12.7. The molecule has 0 saturated heterocycles. The lowest BCUT2D eigenvalue weighted by atomic mass is 10.2. The van der Waals surface area contributed by atoms with Gasteiger partial charge in [-0.1, -0.05) is 29.3 Å². The Hall–Kier alpha value is -1.76. The normalized spacial score (nSPS) is 11.3. The first-order valence-corrected chi connectivity index (χ1v) is 7.70. The monoisotopic (exact) mass is 372 g/mol. The Morgan fingerprint density at radius 3 is 2.39 bits per heavy atom. The third kappa shape index (κ3) is 2.56. The Morgan fingerprint density at radius 1 is 1.04 bits per heavy atom. The summed E-state index contributed by atoms with van der Waals surface area (Å²) in [4.78, 5) is 29.2. The molecular formula is C14H11Cl3N4O2. The predicted octanol–water partition coefficient (Wildman–Crippen LogP) is 2.44. The van der Waals surface area contributed by atoms with Gasteiger partial charge in [0.2, 0.25) is 5.28 Å². The van der Waals surface area contributed by atoms with Crippen molar-refractivity contribution < 1.29 is 0 Å². The van der Waals surface area contributed by atoms with Crippen LogP contribution in [0.1, 0.15) is 5.56 Å². The third-order valence-corrected chi connectivity index (χ3v) is 4.71. The number of halogens is 3. The smallest absolute Gasteiger partial charge is 0.312 e. The Labute approximate surface area is 145 Å². The molecule has 1 aromatic carbocycles. The fourth-order valence-corrected chi connectivity index (χ4v) is 2.86. The molecule has 3 aromatic rings. The fourth-order valence-electron chi connectivity index (χ4n) is 2.38. The summed E-state index contributed by atoms with van der Waals surface area (Å²) in [6, 6.07) is 4.95. The maximum Gasteiger partial charge on any atom is 0.332 e. The Kier molecular flexibility index (Phi) is 4.00. The van der Waals surface area contributed by atoms with E-state index in [0.29, 0.717) is 15.6 Å². The first-order chi connectivity index (χ1) is 10.8. The van der Waals surface area contributed by atoms with Gasteiger partial charge < -0.3 is 4.57 Å². The van der Waals surface area contributed by atoms with Gasteiger partial charge in [-0.3, -0.25) is 13.9 Å². The van der Waals surface area contributed by atoms with Crippen molar-refractivity contribution in [3.05, 3.63) is 59.9 Å². The first kappa shape index (κ1) is 16.1. The van der Waals surface area contributed by atoms with Crippen LogP contribution in [0.25, 0.3) is 11.2 Å². The molecule has 0 amide bonds. The summed E-state index contributed by atoms with van der Waals surface area (Å²) in [5.74, 6) is 0. The average molecular weight is 374 g/mol. The van der Waals surface area contributed by atoms with Crippen molar-refractivity contribution in [3.63, 3.8) is 0 Å². The zero-order valence-corrected chi connectivity index (χ0v) is 14.4. The lowest BCUT2D eigenvalue weighted by molar-refractivity contribution is 0.655. The number of hydrogen-bond acceptors (Lipinski definition) is 3. The second kappa shape index (κ2) is 5.70. The molecule has 23 heavy (non-hydrogen) atoms. The van der Waals surface area contributed by atoms with Crippen molar-refractivity contribution in [2.45, 2.75) is 6.54 Å². The number of hydrogen-bond donors (Lipinski definition) is 0. The minimum absolute atomic E-state index is 0.0706. The molecule has 0 atom stereocenters. The molecule has 0 aliphatic carbocycles. The van der Waals surface area contributed by atoms with E-state index in [2.05, 4.69) is 4.98 Å². The molecule has 3 rings (SSSR count). The summed E-state index contributed by atoms with van der Waals surface area (Å²) in [7, 11) is 3.16. The zero-order valence-electron chi connectivity index (χ0n) is 12.2. The second-order valence-electron chi connectivity index (χ2n) is 5.09. The zero-order chi connectivity index (χ0) is 16.9. The molecule has 2 heterocycles. The second-order valence-corrected chi connectivity index (χ2v) is 6.25. The van der Waals surface area contributed by atoms with Gasteiger partial charge in [0.05, 0.1) is 16.6 Å².